The average Bonchev–Trinajstić information content (AvgIpc) is 3.39. The minimum atomic E-state index is -0.0716. The Kier molecular flexibility index (Phi) is 7.56. The standard InChI is InChI=1S/C48H48BrN/c1-45(2)40-20-13-12-19-37(40)38-26-25-36(28-41(38)45)50(34-23-21-32(22-24-34)31-15-10-9-11-16-31)35-18-14-17-33(27-35)39-29-42-43(30-44(39)49)47(5,6)48(7,8)46(42,3)4/h9-26,28-30,33H,27H2,1-8H3. The lowest BCUT2D eigenvalue weighted by molar-refractivity contribution is 0.125. The molecule has 3 aliphatic carbocycles. The molecule has 0 saturated carbocycles. The zero-order valence-electron chi connectivity index (χ0n) is 30.7. The molecular formula is C48H48BrN. The summed E-state index contributed by atoms with van der Waals surface area (Å²) in [6.07, 6.45) is 7.91. The molecule has 1 unspecified atom stereocenters. The molecule has 0 heterocycles. The van der Waals surface area contributed by atoms with Gasteiger partial charge in [0.1, 0.15) is 0 Å². The summed E-state index contributed by atoms with van der Waals surface area (Å²) >= 11 is 4.08. The number of allylic oxidation sites excluding steroid dienone is 4. The molecule has 0 radical (unpaired) electrons. The molecule has 0 bridgehead atoms. The van der Waals surface area contributed by atoms with Crippen molar-refractivity contribution in [3.63, 3.8) is 0 Å². The van der Waals surface area contributed by atoms with E-state index in [0.717, 1.165) is 6.42 Å². The molecule has 8 rings (SSSR count). The van der Waals surface area contributed by atoms with Crippen LogP contribution in [0.5, 0.6) is 0 Å². The molecule has 252 valence electrons. The number of benzene rings is 5. The zero-order valence-corrected chi connectivity index (χ0v) is 32.3. The number of fused-ring (bicyclic) bond motifs is 4. The smallest absolute Gasteiger partial charge is 0.0461 e. The SMILES string of the molecule is CC1(C)c2ccccc2-c2ccc(N(C3=CC=CC(c4cc5c(cc4Br)C(C)(C)C(C)(C)C5(C)C)C3)c3ccc(-c4ccccc4)cc3)cc21. The lowest BCUT2D eigenvalue weighted by atomic mass is 9.59. The number of anilines is 2. The van der Waals surface area contributed by atoms with Crippen LogP contribution in [0.2, 0.25) is 0 Å². The number of rotatable bonds is 5. The Morgan fingerprint density at radius 3 is 1.90 bits per heavy atom. The molecule has 0 amide bonds. The summed E-state index contributed by atoms with van der Waals surface area (Å²) in [5.41, 5.74) is 16.1. The quantitative estimate of drug-likeness (QED) is 0.175. The van der Waals surface area contributed by atoms with Crippen LogP contribution in [0, 0.1) is 5.41 Å². The van der Waals surface area contributed by atoms with Crippen LogP contribution in [0.1, 0.15) is 95.5 Å². The van der Waals surface area contributed by atoms with E-state index in [9.17, 15) is 0 Å². The van der Waals surface area contributed by atoms with Gasteiger partial charge in [0.25, 0.3) is 0 Å². The van der Waals surface area contributed by atoms with Crippen LogP contribution in [0.4, 0.5) is 11.4 Å². The van der Waals surface area contributed by atoms with Gasteiger partial charge < -0.3 is 4.90 Å². The van der Waals surface area contributed by atoms with Crippen molar-refractivity contribution < 1.29 is 0 Å². The minimum absolute atomic E-state index is 0.0552. The summed E-state index contributed by atoms with van der Waals surface area (Å²) in [5.74, 6) is 0.249. The van der Waals surface area contributed by atoms with Gasteiger partial charge in [0, 0.05) is 32.9 Å². The number of hydrogen-bond donors (Lipinski definition) is 0. The lowest BCUT2D eigenvalue weighted by Gasteiger charge is -2.44. The second-order valence-corrected chi connectivity index (χ2v) is 17.7. The first-order valence-electron chi connectivity index (χ1n) is 18.2. The first-order chi connectivity index (χ1) is 23.7. The third-order valence-electron chi connectivity index (χ3n) is 13.4. The molecule has 3 aliphatic rings. The van der Waals surface area contributed by atoms with E-state index in [1.54, 1.807) is 0 Å². The van der Waals surface area contributed by atoms with Gasteiger partial charge in [-0.05, 0) is 109 Å². The fourth-order valence-corrected chi connectivity index (χ4v) is 9.79. The highest BCUT2D eigenvalue weighted by Crippen LogP contribution is 2.62. The summed E-state index contributed by atoms with van der Waals surface area (Å²) < 4.78 is 1.21. The van der Waals surface area contributed by atoms with Crippen molar-refractivity contribution in [2.45, 2.75) is 84.0 Å². The van der Waals surface area contributed by atoms with E-state index in [1.807, 2.05) is 0 Å². The van der Waals surface area contributed by atoms with Crippen molar-refractivity contribution in [2.24, 2.45) is 5.41 Å². The lowest BCUT2D eigenvalue weighted by Crippen LogP contribution is -2.42. The van der Waals surface area contributed by atoms with Gasteiger partial charge in [0.2, 0.25) is 0 Å². The van der Waals surface area contributed by atoms with Crippen molar-refractivity contribution in [3.8, 4) is 22.3 Å². The Morgan fingerprint density at radius 1 is 0.580 bits per heavy atom. The second-order valence-electron chi connectivity index (χ2n) is 16.8. The molecular weight excluding hydrogens is 670 g/mol. The Balaban J connectivity index is 1.22. The summed E-state index contributed by atoms with van der Waals surface area (Å²) in [6, 6.07) is 40.8. The molecule has 5 aromatic rings. The molecule has 50 heavy (non-hydrogen) atoms. The van der Waals surface area contributed by atoms with Gasteiger partial charge in [-0.2, -0.15) is 0 Å². The van der Waals surface area contributed by atoms with E-state index in [2.05, 4.69) is 204 Å². The van der Waals surface area contributed by atoms with Gasteiger partial charge >= 0.3 is 0 Å². The van der Waals surface area contributed by atoms with E-state index in [-0.39, 0.29) is 27.6 Å². The average molecular weight is 719 g/mol. The van der Waals surface area contributed by atoms with Crippen LogP contribution in [-0.2, 0) is 16.2 Å². The van der Waals surface area contributed by atoms with E-state index in [0.29, 0.717) is 0 Å². The summed E-state index contributed by atoms with van der Waals surface area (Å²) in [5, 5.41) is 0. The first-order valence-corrected chi connectivity index (χ1v) is 18.9. The molecule has 0 spiro atoms. The number of hydrogen-bond acceptors (Lipinski definition) is 1. The monoisotopic (exact) mass is 717 g/mol. The Morgan fingerprint density at radius 2 is 1.18 bits per heavy atom. The Labute approximate surface area is 307 Å². The topological polar surface area (TPSA) is 3.24 Å². The molecule has 2 heteroatoms. The fourth-order valence-electron chi connectivity index (χ4n) is 9.15. The normalized spacial score (nSPS) is 20.1. The highest BCUT2D eigenvalue weighted by molar-refractivity contribution is 9.10. The predicted molar refractivity (Wildman–Crippen MR) is 217 cm³/mol. The zero-order chi connectivity index (χ0) is 35.2. The van der Waals surface area contributed by atoms with Crippen molar-refractivity contribution >= 4 is 27.3 Å². The highest BCUT2D eigenvalue weighted by atomic mass is 79.9. The van der Waals surface area contributed by atoms with E-state index >= 15 is 0 Å². The molecule has 0 saturated heterocycles. The molecule has 1 atom stereocenters. The minimum Gasteiger partial charge on any atom is -0.314 e. The van der Waals surface area contributed by atoms with Crippen LogP contribution in [-0.4, -0.2) is 0 Å². The maximum Gasteiger partial charge on any atom is 0.0461 e. The van der Waals surface area contributed by atoms with Gasteiger partial charge in [0.05, 0.1) is 0 Å². The van der Waals surface area contributed by atoms with Gasteiger partial charge in [0.15, 0.2) is 0 Å². The molecule has 0 aliphatic heterocycles. The molecule has 0 N–H and O–H groups in total. The summed E-state index contributed by atoms with van der Waals surface area (Å²) in [7, 11) is 0. The Hall–Kier alpha value is -4.14. The van der Waals surface area contributed by atoms with Gasteiger partial charge in [-0.1, -0.05) is 162 Å². The second kappa shape index (κ2) is 11.4. The molecule has 0 aromatic heterocycles. The van der Waals surface area contributed by atoms with E-state index < -0.39 is 0 Å². The maximum atomic E-state index is 4.08. The summed E-state index contributed by atoms with van der Waals surface area (Å²) in [6.45, 7) is 19.3. The van der Waals surface area contributed by atoms with Crippen LogP contribution in [0.25, 0.3) is 22.3 Å². The third kappa shape index (κ3) is 4.78. The van der Waals surface area contributed by atoms with Gasteiger partial charge in [-0.15, -0.1) is 0 Å². The van der Waals surface area contributed by atoms with Crippen LogP contribution in [0.3, 0.4) is 0 Å². The van der Waals surface area contributed by atoms with Crippen molar-refractivity contribution in [2.75, 3.05) is 4.90 Å². The van der Waals surface area contributed by atoms with E-state index in [1.165, 1.54) is 71.6 Å². The third-order valence-corrected chi connectivity index (χ3v) is 14.1. The summed E-state index contributed by atoms with van der Waals surface area (Å²) in [4.78, 5) is 2.50. The van der Waals surface area contributed by atoms with Gasteiger partial charge in [-0.3, -0.25) is 0 Å². The van der Waals surface area contributed by atoms with Crippen LogP contribution in [0.15, 0.2) is 138 Å². The van der Waals surface area contributed by atoms with Gasteiger partial charge in [-0.25, -0.2) is 0 Å². The molecule has 5 aromatic carbocycles. The van der Waals surface area contributed by atoms with Crippen LogP contribution < -0.4 is 4.90 Å². The first kappa shape index (κ1) is 33.0. The van der Waals surface area contributed by atoms with Crippen molar-refractivity contribution in [1.82, 2.24) is 0 Å². The number of halogens is 1. The maximum absolute atomic E-state index is 4.08. The molecule has 0 fully saturated rings. The van der Waals surface area contributed by atoms with E-state index in [4.69, 9.17) is 0 Å². The molecule has 1 nitrogen and oxygen atoms in total. The van der Waals surface area contributed by atoms with Crippen molar-refractivity contribution in [1.29, 1.82) is 0 Å². The largest absolute Gasteiger partial charge is 0.314 e. The predicted octanol–water partition coefficient (Wildman–Crippen LogP) is 13.8. The van der Waals surface area contributed by atoms with Crippen molar-refractivity contribution in [3.05, 3.63) is 165 Å². The Bertz CT molecular complexity index is 2190. The fraction of sp³-hybridized carbons (Fsp3) is 0.292. The highest BCUT2D eigenvalue weighted by Gasteiger charge is 2.57. The number of nitrogens with zero attached hydrogens (tertiary/aromatic N) is 1. The van der Waals surface area contributed by atoms with Crippen LogP contribution >= 0.6 is 15.9 Å².